The molecule has 1 aromatic carbocycles. The first-order chi connectivity index (χ1) is 11.8. The Balaban J connectivity index is 1.90. The molecule has 1 saturated carbocycles. The lowest BCUT2D eigenvalue weighted by molar-refractivity contribution is -0.131. The van der Waals surface area contributed by atoms with E-state index in [2.05, 4.69) is 16.0 Å². The highest BCUT2D eigenvalue weighted by Gasteiger charge is 2.33. The summed E-state index contributed by atoms with van der Waals surface area (Å²) in [5, 5.41) is 15.6. The molecule has 1 aliphatic rings. The summed E-state index contributed by atoms with van der Waals surface area (Å²) in [5.41, 5.74) is 5.87. The first kappa shape index (κ1) is 18.8. The van der Waals surface area contributed by atoms with Crippen LogP contribution in [0.2, 0.25) is 0 Å². The van der Waals surface area contributed by atoms with Crippen LogP contribution < -0.4 is 21.7 Å². The second kappa shape index (κ2) is 8.00. The van der Waals surface area contributed by atoms with Crippen molar-refractivity contribution < 1.29 is 9.59 Å². The zero-order valence-corrected chi connectivity index (χ0v) is 14.8. The van der Waals surface area contributed by atoms with Gasteiger partial charge in [0.15, 0.2) is 5.96 Å². The largest absolute Gasteiger partial charge is 0.370 e. The molecule has 25 heavy (non-hydrogen) atoms. The summed E-state index contributed by atoms with van der Waals surface area (Å²) in [5.74, 6) is -0.353. The number of nitrogens with one attached hydrogen (secondary N) is 4. The molecule has 136 valence electrons. The molecule has 7 heteroatoms. The zero-order chi connectivity index (χ0) is 18.4. The summed E-state index contributed by atoms with van der Waals surface area (Å²) in [6, 6.07) is 7.25. The molecule has 0 spiro atoms. The van der Waals surface area contributed by atoms with Gasteiger partial charge >= 0.3 is 0 Å². The third-order valence-electron chi connectivity index (χ3n) is 4.42. The third-order valence-corrected chi connectivity index (χ3v) is 4.42. The van der Waals surface area contributed by atoms with Gasteiger partial charge in [-0.15, -0.1) is 0 Å². The van der Waals surface area contributed by atoms with Crippen molar-refractivity contribution in [3.63, 3.8) is 0 Å². The average molecular weight is 345 g/mol. The minimum Gasteiger partial charge on any atom is -0.370 e. The minimum absolute atomic E-state index is 0.0279. The predicted octanol–water partition coefficient (Wildman–Crippen LogP) is 1.69. The van der Waals surface area contributed by atoms with Gasteiger partial charge in [-0.25, -0.2) is 0 Å². The molecule has 2 amide bonds. The zero-order valence-electron chi connectivity index (χ0n) is 14.8. The quantitative estimate of drug-likeness (QED) is 0.398. The second-order valence-corrected chi connectivity index (χ2v) is 7.01. The second-order valence-electron chi connectivity index (χ2n) is 7.01. The lowest BCUT2D eigenvalue weighted by atomic mass is 10.0. The molecular formula is C18H27N5O2. The van der Waals surface area contributed by atoms with E-state index in [4.69, 9.17) is 11.1 Å². The van der Waals surface area contributed by atoms with Gasteiger partial charge < -0.3 is 21.7 Å². The lowest BCUT2D eigenvalue weighted by Crippen LogP contribution is -2.53. The normalized spacial score (nSPS) is 14.8. The fraction of sp³-hybridized carbons (Fsp3) is 0.500. The topological polar surface area (TPSA) is 120 Å². The molecule has 6 N–H and O–H groups in total. The maximum Gasteiger partial charge on any atom is 0.249 e. The first-order valence-electron chi connectivity index (χ1n) is 8.58. The van der Waals surface area contributed by atoms with E-state index < -0.39 is 5.54 Å². The van der Waals surface area contributed by atoms with Gasteiger partial charge in [0.05, 0.1) is 0 Å². The number of nitrogens with two attached hydrogens (primary N) is 1. The summed E-state index contributed by atoms with van der Waals surface area (Å²) < 4.78 is 0. The van der Waals surface area contributed by atoms with Crippen LogP contribution in [0.25, 0.3) is 0 Å². The van der Waals surface area contributed by atoms with Crippen LogP contribution in [0.5, 0.6) is 0 Å². The highest BCUT2D eigenvalue weighted by atomic mass is 16.2. The molecule has 1 fully saturated rings. The van der Waals surface area contributed by atoms with Crippen molar-refractivity contribution in [1.29, 1.82) is 5.41 Å². The van der Waals surface area contributed by atoms with Gasteiger partial charge in [0, 0.05) is 18.2 Å². The first-order valence-corrected chi connectivity index (χ1v) is 8.58. The highest BCUT2D eigenvalue weighted by Crippen LogP contribution is 2.25. The third kappa shape index (κ3) is 5.48. The standard InChI is InChI=1S/C18H27N5O2/c1-18(2,23-15(24)13-5-3-4-6-13)16(25)22-14-9-7-12(8-10-14)11-21-17(19)20/h7-10,13H,3-6,11H2,1-2H3,(H,22,25)(H,23,24)(H4,19,20,21). The van der Waals surface area contributed by atoms with Crippen LogP contribution in [-0.2, 0) is 16.1 Å². The van der Waals surface area contributed by atoms with Crippen LogP contribution in [0.4, 0.5) is 5.69 Å². The van der Waals surface area contributed by atoms with Gasteiger partial charge in [0.25, 0.3) is 0 Å². The Morgan fingerprint density at radius 2 is 1.80 bits per heavy atom. The van der Waals surface area contributed by atoms with Crippen molar-refractivity contribution >= 4 is 23.5 Å². The number of amides is 2. The number of benzene rings is 1. The summed E-state index contributed by atoms with van der Waals surface area (Å²) in [4.78, 5) is 24.8. The minimum atomic E-state index is -0.978. The molecule has 0 bridgehead atoms. The van der Waals surface area contributed by atoms with Crippen LogP contribution in [0.3, 0.4) is 0 Å². The number of rotatable bonds is 6. The Morgan fingerprint density at radius 3 is 2.36 bits per heavy atom. The van der Waals surface area contributed by atoms with E-state index >= 15 is 0 Å². The van der Waals surface area contributed by atoms with Gasteiger partial charge in [0.1, 0.15) is 5.54 Å². The van der Waals surface area contributed by atoms with Crippen molar-refractivity contribution in [3.05, 3.63) is 29.8 Å². The average Bonchev–Trinajstić information content (AvgIpc) is 3.08. The molecule has 7 nitrogen and oxygen atoms in total. The summed E-state index contributed by atoms with van der Waals surface area (Å²) in [6.07, 6.45) is 3.96. The molecule has 1 aliphatic carbocycles. The Morgan fingerprint density at radius 1 is 1.20 bits per heavy atom. The molecule has 0 unspecified atom stereocenters. The molecule has 0 saturated heterocycles. The van der Waals surface area contributed by atoms with Gasteiger partial charge in [-0.2, -0.15) is 0 Å². The molecule has 0 aromatic heterocycles. The van der Waals surface area contributed by atoms with E-state index in [1.54, 1.807) is 26.0 Å². The maximum absolute atomic E-state index is 12.5. The van der Waals surface area contributed by atoms with Gasteiger partial charge in [0.2, 0.25) is 11.8 Å². The van der Waals surface area contributed by atoms with Crippen molar-refractivity contribution in [1.82, 2.24) is 10.6 Å². The fourth-order valence-corrected chi connectivity index (χ4v) is 2.85. The van der Waals surface area contributed by atoms with Crippen molar-refractivity contribution in [2.24, 2.45) is 11.7 Å². The Labute approximate surface area is 148 Å². The Hall–Kier alpha value is -2.57. The molecule has 1 aromatic rings. The number of carbonyl (C=O) groups is 2. The number of carbonyl (C=O) groups excluding carboxylic acids is 2. The molecule has 0 heterocycles. The molecule has 0 radical (unpaired) electrons. The smallest absolute Gasteiger partial charge is 0.249 e. The monoisotopic (exact) mass is 345 g/mol. The van der Waals surface area contributed by atoms with Gasteiger partial charge in [-0.3, -0.25) is 15.0 Å². The van der Waals surface area contributed by atoms with Crippen LogP contribution in [-0.4, -0.2) is 23.3 Å². The van der Waals surface area contributed by atoms with E-state index in [1.807, 2.05) is 12.1 Å². The van der Waals surface area contributed by atoms with Crippen LogP contribution >= 0.6 is 0 Å². The lowest BCUT2D eigenvalue weighted by Gasteiger charge is -2.26. The van der Waals surface area contributed by atoms with Crippen molar-refractivity contribution in [3.8, 4) is 0 Å². The van der Waals surface area contributed by atoms with E-state index in [9.17, 15) is 9.59 Å². The number of hydrogen-bond acceptors (Lipinski definition) is 3. The summed E-state index contributed by atoms with van der Waals surface area (Å²) in [7, 11) is 0. The fourth-order valence-electron chi connectivity index (χ4n) is 2.85. The van der Waals surface area contributed by atoms with Crippen molar-refractivity contribution in [2.45, 2.75) is 51.6 Å². The SMILES string of the molecule is CC(C)(NC(=O)C1CCCC1)C(=O)Nc1ccc(CNC(=N)N)cc1. The number of guanidine groups is 1. The van der Waals surface area contributed by atoms with Crippen LogP contribution in [0.15, 0.2) is 24.3 Å². The van der Waals surface area contributed by atoms with Crippen LogP contribution in [0, 0.1) is 11.3 Å². The van der Waals surface area contributed by atoms with E-state index in [1.165, 1.54) is 0 Å². The van der Waals surface area contributed by atoms with E-state index in [0.29, 0.717) is 12.2 Å². The van der Waals surface area contributed by atoms with Gasteiger partial charge in [-0.05, 0) is 44.4 Å². The molecule has 0 atom stereocenters. The Bertz CT molecular complexity index is 633. The van der Waals surface area contributed by atoms with Gasteiger partial charge in [-0.1, -0.05) is 25.0 Å². The van der Waals surface area contributed by atoms with E-state index in [-0.39, 0.29) is 23.7 Å². The summed E-state index contributed by atoms with van der Waals surface area (Å²) in [6.45, 7) is 3.87. The number of hydrogen-bond donors (Lipinski definition) is 5. The summed E-state index contributed by atoms with van der Waals surface area (Å²) >= 11 is 0. The maximum atomic E-state index is 12.5. The molecular weight excluding hydrogens is 318 g/mol. The van der Waals surface area contributed by atoms with Crippen LogP contribution in [0.1, 0.15) is 45.1 Å². The van der Waals surface area contributed by atoms with E-state index in [0.717, 1.165) is 31.2 Å². The van der Waals surface area contributed by atoms with Crippen molar-refractivity contribution in [2.75, 3.05) is 5.32 Å². The molecule has 2 rings (SSSR count). The molecule has 0 aliphatic heterocycles. The number of anilines is 1. The highest BCUT2D eigenvalue weighted by molar-refractivity contribution is 6.00. The Kier molecular flexibility index (Phi) is 6.01. The predicted molar refractivity (Wildman–Crippen MR) is 98.0 cm³/mol.